The third-order valence-corrected chi connectivity index (χ3v) is 4.08. The molecule has 0 aliphatic carbocycles. The molecule has 1 aromatic carbocycles. The van der Waals surface area contributed by atoms with E-state index in [1.54, 1.807) is 23.1 Å². The lowest BCUT2D eigenvalue weighted by Gasteiger charge is -2.26. The molecule has 1 fully saturated rings. The number of aromatic nitrogens is 1. The van der Waals surface area contributed by atoms with Crippen molar-refractivity contribution >= 4 is 23.5 Å². The van der Waals surface area contributed by atoms with E-state index in [1.807, 2.05) is 0 Å². The zero-order valence-electron chi connectivity index (χ0n) is 14.8. The maximum atomic E-state index is 12.5. The Balaban J connectivity index is 1.74. The Labute approximate surface area is 156 Å². The van der Waals surface area contributed by atoms with Gasteiger partial charge in [0, 0.05) is 30.5 Å². The Kier molecular flexibility index (Phi) is 5.77. The Bertz CT molecular complexity index is 862. The van der Waals surface area contributed by atoms with Crippen LogP contribution >= 0.6 is 0 Å². The van der Waals surface area contributed by atoms with Crippen LogP contribution in [-0.4, -0.2) is 61.1 Å². The van der Waals surface area contributed by atoms with Gasteiger partial charge in [-0.15, -0.1) is 0 Å². The zero-order chi connectivity index (χ0) is 19.2. The van der Waals surface area contributed by atoms with Crippen molar-refractivity contribution < 1.29 is 23.9 Å². The van der Waals surface area contributed by atoms with Crippen LogP contribution in [0.25, 0.3) is 0 Å². The number of nitrogens with one attached hydrogen (secondary N) is 1. The highest BCUT2D eigenvalue weighted by atomic mass is 16.5. The van der Waals surface area contributed by atoms with E-state index in [0.717, 1.165) is 0 Å². The first-order valence-electron chi connectivity index (χ1n) is 8.41. The summed E-state index contributed by atoms with van der Waals surface area (Å²) in [6, 6.07) is 9.39. The topological polar surface area (TPSA) is 97.8 Å². The van der Waals surface area contributed by atoms with E-state index in [9.17, 15) is 14.4 Å². The molecule has 1 N–H and O–H groups in total. The van der Waals surface area contributed by atoms with Crippen LogP contribution < -0.4 is 5.32 Å². The fraction of sp³-hybridized carbons (Fsp3) is 0.263. The second-order valence-electron chi connectivity index (χ2n) is 5.86. The molecule has 1 aliphatic rings. The quantitative estimate of drug-likeness (QED) is 0.822. The van der Waals surface area contributed by atoms with E-state index in [2.05, 4.69) is 15.0 Å². The number of hydrogen-bond donors (Lipinski definition) is 1. The molecule has 140 valence electrons. The van der Waals surface area contributed by atoms with Crippen molar-refractivity contribution in [1.29, 1.82) is 0 Å². The lowest BCUT2D eigenvalue weighted by molar-refractivity contribution is 0.0299. The number of anilines is 1. The molecule has 2 aromatic rings. The normalized spacial score (nSPS) is 13.7. The van der Waals surface area contributed by atoms with E-state index in [4.69, 9.17) is 4.74 Å². The average molecular weight is 369 g/mol. The first kappa shape index (κ1) is 18.5. The van der Waals surface area contributed by atoms with E-state index in [-0.39, 0.29) is 11.6 Å². The van der Waals surface area contributed by atoms with Gasteiger partial charge in [0.2, 0.25) is 0 Å². The maximum Gasteiger partial charge on any atom is 0.337 e. The summed E-state index contributed by atoms with van der Waals surface area (Å²) in [4.78, 5) is 42.3. The number of methoxy groups -OCH3 is 1. The standard InChI is InChI=1S/C19H19N3O5/c1-26-19(25)14-3-2-4-15(11-14)21-17(23)13-5-6-20-16(12-13)18(24)22-7-9-27-10-8-22/h2-6,11-12H,7-10H2,1H3,(H,21,23). The Morgan fingerprint density at radius 3 is 2.63 bits per heavy atom. The van der Waals surface area contributed by atoms with Gasteiger partial charge in [0.15, 0.2) is 0 Å². The van der Waals surface area contributed by atoms with Crippen LogP contribution in [0.3, 0.4) is 0 Å². The summed E-state index contributed by atoms with van der Waals surface area (Å²) >= 11 is 0. The third kappa shape index (κ3) is 4.48. The van der Waals surface area contributed by atoms with Crippen LogP contribution in [0.4, 0.5) is 5.69 Å². The zero-order valence-corrected chi connectivity index (χ0v) is 14.8. The maximum absolute atomic E-state index is 12.5. The molecule has 0 atom stereocenters. The van der Waals surface area contributed by atoms with Gasteiger partial charge in [-0.1, -0.05) is 6.07 Å². The van der Waals surface area contributed by atoms with Crippen molar-refractivity contribution in [3.63, 3.8) is 0 Å². The minimum atomic E-state index is -0.492. The molecule has 8 nitrogen and oxygen atoms in total. The van der Waals surface area contributed by atoms with Crippen LogP contribution in [0.1, 0.15) is 31.2 Å². The highest BCUT2D eigenvalue weighted by molar-refractivity contribution is 6.06. The molecular formula is C19H19N3O5. The second-order valence-corrected chi connectivity index (χ2v) is 5.86. The molecule has 27 heavy (non-hydrogen) atoms. The molecule has 0 radical (unpaired) electrons. The predicted octanol–water partition coefficient (Wildman–Crippen LogP) is 1.59. The Hall–Kier alpha value is -3.26. The van der Waals surface area contributed by atoms with Crippen molar-refractivity contribution in [3.05, 3.63) is 59.4 Å². The number of nitrogens with zero attached hydrogens (tertiary/aromatic N) is 2. The summed E-state index contributed by atoms with van der Waals surface area (Å²) in [6.07, 6.45) is 1.42. The second kappa shape index (κ2) is 8.41. The summed E-state index contributed by atoms with van der Waals surface area (Å²) in [7, 11) is 1.29. The van der Waals surface area contributed by atoms with Gasteiger partial charge in [0.1, 0.15) is 5.69 Å². The number of carbonyl (C=O) groups excluding carboxylic acids is 3. The van der Waals surface area contributed by atoms with Gasteiger partial charge in [-0.25, -0.2) is 4.79 Å². The minimum Gasteiger partial charge on any atom is -0.465 e. The average Bonchev–Trinajstić information content (AvgIpc) is 2.73. The van der Waals surface area contributed by atoms with Crippen LogP contribution in [-0.2, 0) is 9.47 Å². The molecule has 0 saturated carbocycles. The molecule has 1 aromatic heterocycles. The van der Waals surface area contributed by atoms with Gasteiger partial charge < -0.3 is 19.7 Å². The Morgan fingerprint density at radius 2 is 1.89 bits per heavy atom. The summed E-state index contributed by atoms with van der Waals surface area (Å²) in [5, 5.41) is 2.70. The van der Waals surface area contributed by atoms with Crippen LogP contribution in [0, 0.1) is 0 Å². The molecular weight excluding hydrogens is 350 g/mol. The van der Waals surface area contributed by atoms with Crippen molar-refractivity contribution in [2.45, 2.75) is 0 Å². The molecule has 0 unspecified atom stereocenters. The number of morpholine rings is 1. The summed E-state index contributed by atoms with van der Waals surface area (Å²) in [6.45, 7) is 1.97. The fourth-order valence-corrected chi connectivity index (χ4v) is 2.66. The highest BCUT2D eigenvalue weighted by Crippen LogP contribution is 2.14. The number of ether oxygens (including phenoxy) is 2. The van der Waals surface area contributed by atoms with Gasteiger partial charge in [0.25, 0.3) is 11.8 Å². The highest BCUT2D eigenvalue weighted by Gasteiger charge is 2.20. The predicted molar refractivity (Wildman–Crippen MR) is 96.7 cm³/mol. The molecule has 2 heterocycles. The smallest absolute Gasteiger partial charge is 0.337 e. The monoisotopic (exact) mass is 369 g/mol. The summed E-state index contributed by atoms with van der Waals surface area (Å²) in [5.74, 6) is -1.13. The van der Waals surface area contributed by atoms with Gasteiger partial charge in [0.05, 0.1) is 25.9 Å². The number of hydrogen-bond acceptors (Lipinski definition) is 6. The van der Waals surface area contributed by atoms with Crippen molar-refractivity contribution in [2.75, 3.05) is 38.7 Å². The molecule has 0 bridgehead atoms. The number of pyridine rings is 1. The molecule has 1 aliphatic heterocycles. The lowest BCUT2D eigenvalue weighted by Crippen LogP contribution is -2.41. The molecule has 8 heteroatoms. The molecule has 1 saturated heterocycles. The SMILES string of the molecule is COC(=O)c1cccc(NC(=O)c2ccnc(C(=O)N3CCOCC3)c2)c1. The van der Waals surface area contributed by atoms with E-state index in [0.29, 0.717) is 43.1 Å². The molecule has 0 spiro atoms. The number of benzene rings is 1. The fourth-order valence-electron chi connectivity index (χ4n) is 2.66. The summed E-state index contributed by atoms with van der Waals surface area (Å²) < 4.78 is 9.91. The lowest BCUT2D eigenvalue weighted by atomic mass is 10.1. The van der Waals surface area contributed by atoms with Gasteiger partial charge in [-0.05, 0) is 30.3 Å². The molecule has 3 rings (SSSR count). The van der Waals surface area contributed by atoms with Crippen molar-refractivity contribution in [3.8, 4) is 0 Å². The first-order valence-corrected chi connectivity index (χ1v) is 8.41. The Morgan fingerprint density at radius 1 is 1.11 bits per heavy atom. The van der Waals surface area contributed by atoms with Crippen LogP contribution in [0.2, 0.25) is 0 Å². The minimum absolute atomic E-state index is 0.202. The van der Waals surface area contributed by atoms with Crippen LogP contribution in [0.15, 0.2) is 42.6 Å². The van der Waals surface area contributed by atoms with E-state index < -0.39 is 11.9 Å². The number of carbonyl (C=O) groups is 3. The van der Waals surface area contributed by atoms with Gasteiger partial charge in [-0.3, -0.25) is 14.6 Å². The van der Waals surface area contributed by atoms with Crippen LogP contribution in [0.5, 0.6) is 0 Å². The van der Waals surface area contributed by atoms with Gasteiger partial charge in [-0.2, -0.15) is 0 Å². The molecule has 2 amide bonds. The van der Waals surface area contributed by atoms with Gasteiger partial charge >= 0.3 is 5.97 Å². The summed E-state index contributed by atoms with van der Waals surface area (Å²) in [5.41, 5.74) is 1.27. The van der Waals surface area contributed by atoms with Crippen molar-refractivity contribution in [1.82, 2.24) is 9.88 Å². The number of amides is 2. The van der Waals surface area contributed by atoms with E-state index in [1.165, 1.54) is 31.5 Å². The third-order valence-electron chi connectivity index (χ3n) is 4.08. The van der Waals surface area contributed by atoms with E-state index >= 15 is 0 Å². The van der Waals surface area contributed by atoms with Crippen molar-refractivity contribution in [2.24, 2.45) is 0 Å². The first-order chi connectivity index (χ1) is 13.1. The number of esters is 1. The number of rotatable bonds is 4. The largest absolute Gasteiger partial charge is 0.465 e.